The summed E-state index contributed by atoms with van der Waals surface area (Å²) in [6.45, 7) is 8.77. The quantitative estimate of drug-likeness (QED) is 0.648. The van der Waals surface area contributed by atoms with Crippen LogP contribution in [0.2, 0.25) is 0 Å². The summed E-state index contributed by atoms with van der Waals surface area (Å²) in [4.78, 5) is 46.7. The molecule has 2 amide bonds. The van der Waals surface area contributed by atoms with Gasteiger partial charge in [0, 0.05) is 26.1 Å². The number of carbonyl (C=O) groups excluding carboxylic acids is 2. The van der Waals surface area contributed by atoms with E-state index in [1.165, 1.54) is 16.1 Å². The van der Waals surface area contributed by atoms with Crippen LogP contribution in [-0.2, 0) is 21.4 Å². The van der Waals surface area contributed by atoms with Gasteiger partial charge >= 0.3 is 11.7 Å². The second-order valence-electron chi connectivity index (χ2n) is 6.32. The molecule has 8 heteroatoms. The molecule has 0 bridgehead atoms. The molecule has 0 saturated heterocycles. The van der Waals surface area contributed by atoms with Crippen LogP contribution in [0.3, 0.4) is 0 Å². The molecule has 2 N–H and O–H groups in total. The molecule has 0 aromatic carbocycles. The highest BCUT2D eigenvalue weighted by molar-refractivity contribution is 5.96. The van der Waals surface area contributed by atoms with Gasteiger partial charge in [0.2, 0.25) is 11.8 Å². The number of carboxylic acids is 1. The molecule has 1 unspecified atom stereocenters. The monoisotopic (exact) mass is 365 g/mol. The summed E-state index contributed by atoms with van der Waals surface area (Å²) in [6.07, 6.45) is 2.18. The summed E-state index contributed by atoms with van der Waals surface area (Å²) in [5, 5.41) is 10.9. The number of hydrogen-bond acceptors (Lipinski definition) is 4. The number of unbranched alkanes of at least 4 members (excludes halogenated alkanes) is 1. The van der Waals surface area contributed by atoms with Crippen LogP contribution in [0.25, 0.3) is 5.57 Å². The predicted octanol–water partition coefficient (Wildman–Crippen LogP) is 1.77. The molecule has 1 rings (SSSR count). The Morgan fingerprint density at radius 2 is 1.81 bits per heavy atom. The van der Waals surface area contributed by atoms with Gasteiger partial charge in [0.25, 0.3) is 0 Å². The Bertz CT molecular complexity index is 773. The van der Waals surface area contributed by atoms with E-state index in [2.05, 4.69) is 11.9 Å². The number of allylic oxidation sites excluding steroid dienone is 1. The zero-order valence-electron chi connectivity index (χ0n) is 15.8. The Hall–Kier alpha value is -2.64. The molecule has 144 valence electrons. The molecular weight excluding hydrogens is 338 g/mol. The van der Waals surface area contributed by atoms with Gasteiger partial charge in [0.05, 0.1) is 5.69 Å². The third kappa shape index (κ3) is 4.93. The molecule has 0 fully saturated rings. The number of amides is 2. The average molecular weight is 365 g/mol. The maximum absolute atomic E-state index is 12.7. The molecule has 1 aromatic rings. The van der Waals surface area contributed by atoms with Crippen molar-refractivity contribution in [2.75, 3.05) is 0 Å². The molecule has 0 radical (unpaired) electrons. The Morgan fingerprint density at radius 3 is 2.31 bits per heavy atom. The van der Waals surface area contributed by atoms with Crippen molar-refractivity contribution in [2.24, 2.45) is 7.05 Å². The molecule has 0 spiro atoms. The van der Waals surface area contributed by atoms with E-state index in [0.717, 1.165) is 0 Å². The largest absolute Gasteiger partial charge is 0.481 e. The molecule has 8 nitrogen and oxygen atoms in total. The molecule has 0 aliphatic rings. The van der Waals surface area contributed by atoms with E-state index in [9.17, 15) is 19.2 Å². The van der Waals surface area contributed by atoms with Crippen molar-refractivity contribution in [3.05, 3.63) is 28.5 Å². The van der Waals surface area contributed by atoms with Gasteiger partial charge in [-0.05, 0) is 38.2 Å². The highest BCUT2D eigenvalue weighted by atomic mass is 16.4. The molecule has 1 aromatic heterocycles. The summed E-state index contributed by atoms with van der Waals surface area (Å²) in [5.74, 6) is -1.83. The second kappa shape index (κ2) is 9.17. The lowest BCUT2D eigenvalue weighted by molar-refractivity contribution is -0.137. The van der Waals surface area contributed by atoms with Crippen LogP contribution in [0, 0.1) is 6.92 Å². The number of hydrogen-bond donors (Lipinski definition) is 2. The minimum Gasteiger partial charge on any atom is -0.481 e. The van der Waals surface area contributed by atoms with Crippen LogP contribution >= 0.6 is 0 Å². The first kappa shape index (κ1) is 21.4. The molecule has 0 aliphatic carbocycles. The van der Waals surface area contributed by atoms with Crippen molar-refractivity contribution in [1.29, 1.82) is 0 Å². The highest BCUT2D eigenvalue weighted by Crippen LogP contribution is 2.24. The molecule has 0 saturated carbocycles. The number of aliphatic carboxylic acids is 1. The SMILES string of the molecule is C=C(CCCCC(=O)O)c1c(C)n(C(CC)C(=O)NC(C)=O)c(=O)n1C. The Kier molecular flexibility index (Phi) is 7.55. The minimum atomic E-state index is -0.840. The van der Waals surface area contributed by atoms with Gasteiger partial charge in [0.15, 0.2) is 0 Å². The Labute approximate surface area is 152 Å². The van der Waals surface area contributed by atoms with E-state index in [4.69, 9.17) is 5.11 Å². The molecule has 26 heavy (non-hydrogen) atoms. The number of imidazole rings is 1. The lowest BCUT2D eigenvalue weighted by Crippen LogP contribution is -2.39. The summed E-state index contributed by atoms with van der Waals surface area (Å²) >= 11 is 0. The van der Waals surface area contributed by atoms with Gasteiger partial charge in [-0.15, -0.1) is 0 Å². The smallest absolute Gasteiger partial charge is 0.329 e. The lowest BCUT2D eigenvalue weighted by Gasteiger charge is -2.16. The van der Waals surface area contributed by atoms with Crippen LogP contribution in [0.1, 0.15) is 63.4 Å². The van der Waals surface area contributed by atoms with Crippen molar-refractivity contribution < 1.29 is 19.5 Å². The zero-order chi connectivity index (χ0) is 20.0. The first-order valence-electron chi connectivity index (χ1n) is 8.60. The van der Waals surface area contributed by atoms with Crippen LogP contribution in [0.4, 0.5) is 0 Å². The summed E-state index contributed by atoms with van der Waals surface area (Å²) < 4.78 is 2.83. The lowest BCUT2D eigenvalue weighted by atomic mass is 10.0. The number of carboxylic acid groups (broad SMARTS) is 1. The normalized spacial score (nSPS) is 11.8. The first-order valence-corrected chi connectivity index (χ1v) is 8.60. The summed E-state index contributed by atoms with van der Waals surface area (Å²) in [5.41, 5.74) is 1.61. The standard InChI is InChI=1S/C18H27N3O5/c1-6-14(17(25)19-13(4)22)21-12(3)16(20(5)18(21)26)11(2)9-7-8-10-15(23)24/h14H,2,6-10H2,1,3-5H3,(H,23,24)(H,19,22,25). The molecular formula is C18H27N3O5. The van der Waals surface area contributed by atoms with Gasteiger partial charge in [0.1, 0.15) is 6.04 Å². The van der Waals surface area contributed by atoms with E-state index < -0.39 is 23.8 Å². The fourth-order valence-electron chi connectivity index (χ4n) is 3.09. The maximum Gasteiger partial charge on any atom is 0.329 e. The topological polar surface area (TPSA) is 110 Å². The van der Waals surface area contributed by atoms with Crippen LogP contribution < -0.4 is 11.0 Å². The number of imide groups is 1. The second-order valence-corrected chi connectivity index (χ2v) is 6.32. The van der Waals surface area contributed by atoms with Crippen molar-refractivity contribution >= 4 is 23.4 Å². The number of rotatable bonds is 9. The minimum absolute atomic E-state index is 0.0926. The third-order valence-corrected chi connectivity index (χ3v) is 4.29. The van der Waals surface area contributed by atoms with E-state index in [1.54, 1.807) is 20.9 Å². The van der Waals surface area contributed by atoms with E-state index >= 15 is 0 Å². The van der Waals surface area contributed by atoms with Gasteiger partial charge in [-0.3, -0.25) is 28.8 Å². The summed E-state index contributed by atoms with van der Waals surface area (Å²) in [7, 11) is 1.61. The van der Waals surface area contributed by atoms with Crippen molar-refractivity contribution in [3.8, 4) is 0 Å². The third-order valence-electron chi connectivity index (χ3n) is 4.29. The van der Waals surface area contributed by atoms with Crippen molar-refractivity contribution in [3.63, 3.8) is 0 Å². The van der Waals surface area contributed by atoms with Gasteiger partial charge in [-0.25, -0.2) is 4.79 Å². The van der Waals surface area contributed by atoms with E-state index in [1.807, 2.05) is 0 Å². The predicted molar refractivity (Wildman–Crippen MR) is 97.7 cm³/mol. The summed E-state index contributed by atoms with van der Waals surface area (Å²) in [6, 6.07) is -0.786. The zero-order valence-corrected chi connectivity index (χ0v) is 15.8. The molecule has 0 aliphatic heterocycles. The highest BCUT2D eigenvalue weighted by Gasteiger charge is 2.26. The van der Waals surface area contributed by atoms with Crippen LogP contribution in [0.5, 0.6) is 0 Å². The van der Waals surface area contributed by atoms with E-state index in [-0.39, 0.29) is 12.1 Å². The van der Waals surface area contributed by atoms with Crippen molar-refractivity contribution in [2.45, 2.75) is 58.9 Å². The van der Waals surface area contributed by atoms with Crippen molar-refractivity contribution in [1.82, 2.24) is 14.5 Å². The van der Waals surface area contributed by atoms with Crippen LogP contribution in [0.15, 0.2) is 11.4 Å². The fourth-order valence-corrected chi connectivity index (χ4v) is 3.09. The van der Waals surface area contributed by atoms with E-state index in [0.29, 0.717) is 42.6 Å². The van der Waals surface area contributed by atoms with Gasteiger partial charge in [-0.1, -0.05) is 13.5 Å². The Balaban J connectivity index is 3.11. The molecule has 1 heterocycles. The Morgan fingerprint density at radius 1 is 1.23 bits per heavy atom. The van der Waals surface area contributed by atoms with Gasteiger partial charge < -0.3 is 5.11 Å². The first-order chi connectivity index (χ1) is 12.1. The number of nitrogens with zero attached hydrogens (tertiary/aromatic N) is 2. The fraction of sp³-hybridized carbons (Fsp3) is 0.556. The maximum atomic E-state index is 12.7. The number of nitrogens with one attached hydrogen (secondary N) is 1. The average Bonchev–Trinajstić information content (AvgIpc) is 2.75. The van der Waals surface area contributed by atoms with Crippen LogP contribution in [-0.4, -0.2) is 32.0 Å². The molecule has 1 atom stereocenters. The number of aromatic nitrogens is 2. The van der Waals surface area contributed by atoms with Gasteiger partial charge in [-0.2, -0.15) is 0 Å². The number of carbonyl (C=O) groups is 3.